The maximum Gasteiger partial charge on any atom is 0.0543 e. The Labute approximate surface area is 273 Å². The number of hydrogen-bond acceptors (Lipinski definition) is 1. The van der Waals surface area contributed by atoms with E-state index in [1.165, 1.54) is 83.8 Å². The van der Waals surface area contributed by atoms with Crippen LogP contribution in [0.1, 0.15) is 74.9 Å². The number of anilines is 3. The van der Waals surface area contributed by atoms with Crippen LogP contribution in [-0.4, -0.2) is 0 Å². The third-order valence-corrected chi connectivity index (χ3v) is 11.4. The summed E-state index contributed by atoms with van der Waals surface area (Å²) >= 11 is 0. The van der Waals surface area contributed by atoms with Gasteiger partial charge in [0, 0.05) is 16.2 Å². The van der Waals surface area contributed by atoms with Crippen molar-refractivity contribution in [1.82, 2.24) is 0 Å². The van der Waals surface area contributed by atoms with E-state index in [9.17, 15) is 0 Å². The predicted octanol–water partition coefficient (Wildman–Crippen LogP) is 12.1. The summed E-state index contributed by atoms with van der Waals surface area (Å²) in [7, 11) is 0. The Morgan fingerprint density at radius 1 is 0.348 bits per heavy atom. The van der Waals surface area contributed by atoms with Gasteiger partial charge in [0.1, 0.15) is 0 Å². The van der Waals surface area contributed by atoms with Gasteiger partial charge in [0.15, 0.2) is 0 Å². The van der Waals surface area contributed by atoms with Gasteiger partial charge in [-0.1, -0.05) is 139 Å². The summed E-state index contributed by atoms with van der Waals surface area (Å²) < 4.78 is 0. The minimum atomic E-state index is -0.145. The number of fused-ring (bicyclic) bond motifs is 7. The van der Waals surface area contributed by atoms with Crippen molar-refractivity contribution in [3.05, 3.63) is 161 Å². The largest absolute Gasteiger partial charge is 0.309 e. The minimum absolute atomic E-state index is 0.0118. The average Bonchev–Trinajstić information content (AvgIpc) is 3.30. The Morgan fingerprint density at radius 2 is 0.826 bits per heavy atom. The second-order valence-corrected chi connectivity index (χ2v) is 15.0. The second-order valence-electron chi connectivity index (χ2n) is 15.0. The van der Waals surface area contributed by atoms with Crippen LogP contribution in [0.15, 0.2) is 127 Å². The number of benzene rings is 6. The molecular weight excluding hydrogens is 555 g/mol. The van der Waals surface area contributed by atoms with Crippen molar-refractivity contribution in [2.24, 2.45) is 0 Å². The Hall–Kier alpha value is -4.88. The van der Waals surface area contributed by atoms with Gasteiger partial charge in [0.25, 0.3) is 0 Å². The molecule has 6 aromatic rings. The van der Waals surface area contributed by atoms with Crippen LogP contribution in [0.4, 0.5) is 17.1 Å². The normalized spacial score (nSPS) is 17.0. The lowest BCUT2D eigenvalue weighted by Gasteiger charge is -2.49. The Morgan fingerprint density at radius 3 is 1.57 bits per heavy atom. The van der Waals surface area contributed by atoms with Gasteiger partial charge in [-0.05, 0) is 97.1 Å². The average molecular weight is 594 g/mol. The molecule has 224 valence electrons. The molecule has 1 heteroatoms. The van der Waals surface area contributed by atoms with Gasteiger partial charge >= 0.3 is 0 Å². The quantitative estimate of drug-likeness (QED) is 0.193. The molecule has 2 aliphatic heterocycles. The van der Waals surface area contributed by atoms with E-state index in [0.29, 0.717) is 0 Å². The lowest BCUT2D eigenvalue weighted by Crippen LogP contribution is -2.38. The first-order chi connectivity index (χ1) is 22.1. The lowest BCUT2D eigenvalue weighted by molar-refractivity contribution is 0.597. The fourth-order valence-corrected chi connectivity index (χ4v) is 8.82. The van der Waals surface area contributed by atoms with E-state index in [1.807, 2.05) is 0 Å². The highest BCUT2D eigenvalue weighted by molar-refractivity contribution is 5.93. The number of rotatable bonds is 2. The molecule has 6 aromatic carbocycles. The standard InChI is InChI=1S/C45H39N/c1-43(2)34-16-8-7-15-32(34)33-23-21-30(26-38(33)43)28-13-11-14-29(25-28)31-22-24-41-39(27-31)45(5,6)37-19-12-18-36-42(37)46(41)40-20-10-9-17-35(40)44(36,3)4/h7-27H,1-6H3. The number of para-hydroxylation sites is 2. The molecule has 0 atom stereocenters. The van der Waals surface area contributed by atoms with Crippen LogP contribution in [-0.2, 0) is 16.2 Å². The summed E-state index contributed by atoms with van der Waals surface area (Å²) in [6, 6.07) is 48.1. The van der Waals surface area contributed by atoms with Crippen LogP contribution in [0, 0.1) is 0 Å². The highest BCUT2D eigenvalue weighted by Gasteiger charge is 2.45. The van der Waals surface area contributed by atoms with Gasteiger partial charge in [-0.15, -0.1) is 0 Å². The highest BCUT2D eigenvalue weighted by atomic mass is 15.2. The van der Waals surface area contributed by atoms with Crippen LogP contribution in [0.25, 0.3) is 33.4 Å². The van der Waals surface area contributed by atoms with E-state index in [1.54, 1.807) is 0 Å². The second kappa shape index (κ2) is 9.10. The van der Waals surface area contributed by atoms with Crippen LogP contribution in [0.2, 0.25) is 0 Å². The predicted molar refractivity (Wildman–Crippen MR) is 194 cm³/mol. The number of nitrogens with zero attached hydrogens (tertiary/aromatic N) is 1. The first kappa shape index (κ1) is 27.4. The summed E-state index contributed by atoms with van der Waals surface area (Å²) in [4.78, 5) is 2.54. The molecule has 0 saturated heterocycles. The number of hydrogen-bond donors (Lipinski definition) is 0. The van der Waals surface area contributed by atoms with Gasteiger partial charge in [-0.25, -0.2) is 0 Å². The molecule has 1 aliphatic carbocycles. The van der Waals surface area contributed by atoms with Crippen LogP contribution < -0.4 is 4.90 Å². The summed E-state index contributed by atoms with van der Waals surface area (Å²) in [6.45, 7) is 14.3. The van der Waals surface area contributed by atoms with E-state index in [0.717, 1.165) is 0 Å². The van der Waals surface area contributed by atoms with E-state index >= 15 is 0 Å². The molecule has 0 aromatic heterocycles. The van der Waals surface area contributed by atoms with E-state index in [-0.39, 0.29) is 16.2 Å². The highest BCUT2D eigenvalue weighted by Crippen LogP contribution is 2.60. The lowest BCUT2D eigenvalue weighted by atomic mass is 9.66. The van der Waals surface area contributed by atoms with E-state index in [4.69, 9.17) is 0 Å². The van der Waals surface area contributed by atoms with Gasteiger partial charge in [-0.3, -0.25) is 0 Å². The molecule has 0 N–H and O–H groups in total. The Kier molecular flexibility index (Phi) is 5.43. The van der Waals surface area contributed by atoms with E-state index < -0.39 is 0 Å². The van der Waals surface area contributed by atoms with Crippen molar-refractivity contribution < 1.29 is 0 Å². The molecule has 0 saturated carbocycles. The zero-order valence-electron chi connectivity index (χ0n) is 27.6. The van der Waals surface area contributed by atoms with Crippen LogP contribution in [0.3, 0.4) is 0 Å². The van der Waals surface area contributed by atoms with Gasteiger partial charge in [0.05, 0.1) is 17.1 Å². The molecule has 1 nitrogen and oxygen atoms in total. The molecule has 0 unspecified atom stereocenters. The molecule has 0 amide bonds. The Balaban J connectivity index is 1.17. The van der Waals surface area contributed by atoms with Crippen molar-refractivity contribution in [2.45, 2.75) is 57.8 Å². The summed E-state index contributed by atoms with van der Waals surface area (Å²) in [5, 5.41) is 0. The monoisotopic (exact) mass is 593 g/mol. The van der Waals surface area contributed by atoms with Crippen LogP contribution >= 0.6 is 0 Å². The third-order valence-electron chi connectivity index (χ3n) is 11.4. The van der Waals surface area contributed by atoms with Crippen LogP contribution in [0.5, 0.6) is 0 Å². The maximum atomic E-state index is 2.54. The summed E-state index contributed by atoms with van der Waals surface area (Å²) in [5.41, 5.74) is 19.9. The maximum absolute atomic E-state index is 2.54. The minimum Gasteiger partial charge on any atom is -0.309 e. The molecule has 0 bridgehead atoms. The van der Waals surface area contributed by atoms with Gasteiger partial charge < -0.3 is 4.90 Å². The summed E-state index contributed by atoms with van der Waals surface area (Å²) in [5.74, 6) is 0. The van der Waals surface area contributed by atoms with Gasteiger partial charge in [0.2, 0.25) is 0 Å². The molecule has 2 heterocycles. The van der Waals surface area contributed by atoms with Crippen molar-refractivity contribution >= 4 is 17.1 Å². The molecule has 46 heavy (non-hydrogen) atoms. The smallest absolute Gasteiger partial charge is 0.0543 e. The van der Waals surface area contributed by atoms with Crippen molar-refractivity contribution in [3.63, 3.8) is 0 Å². The van der Waals surface area contributed by atoms with Crippen molar-refractivity contribution in [1.29, 1.82) is 0 Å². The molecule has 0 radical (unpaired) electrons. The molecular formula is C45H39N. The zero-order valence-corrected chi connectivity index (χ0v) is 27.6. The molecule has 0 spiro atoms. The first-order valence-corrected chi connectivity index (χ1v) is 16.6. The fourth-order valence-electron chi connectivity index (χ4n) is 8.82. The SMILES string of the molecule is CC1(C)c2ccccc2-c2ccc(-c3cccc(-c4ccc5c(c4)C(C)(C)c4cccc6c4N5c4ccccc4C6(C)C)c3)cc21. The summed E-state index contributed by atoms with van der Waals surface area (Å²) in [6.07, 6.45) is 0. The topological polar surface area (TPSA) is 3.24 Å². The zero-order chi connectivity index (χ0) is 31.6. The van der Waals surface area contributed by atoms with Crippen molar-refractivity contribution in [3.8, 4) is 33.4 Å². The molecule has 3 aliphatic rings. The molecule has 9 rings (SSSR count). The first-order valence-electron chi connectivity index (χ1n) is 16.6. The van der Waals surface area contributed by atoms with Gasteiger partial charge in [-0.2, -0.15) is 0 Å². The molecule has 0 fully saturated rings. The third kappa shape index (κ3) is 3.52. The fraction of sp³-hybridized carbons (Fsp3) is 0.200. The Bertz CT molecular complexity index is 2240. The van der Waals surface area contributed by atoms with E-state index in [2.05, 4.69) is 174 Å². The van der Waals surface area contributed by atoms with Crippen molar-refractivity contribution in [2.75, 3.05) is 4.90 Å².